The van der Waals surface area contributed by atoms with Crippen LogP contribution >= 0.6 is 0 Å². The molecule has 0 unspecified atom stereocenters. The molecule has 9 N–H and O–H groups in total. The van der Waals surface area contributed by atoms with Crippen LogP contribution < -0.4 is 47.9 Å². The Bertz CT molecular complexity index is 2420. The van der Waals surface area contributed by atoms with Crippen molar-refractivity contribution in [2.45, 2.75) is 318 Å². The van der Waals surface area contributed by atoms with Crippen molar-refractivity contribution >= 4 is 72.0 Å². The smallest absolute Gasteiger partial charge is 0.407 e. The van der Waals surface area contributed by atoms with Crippen molar-refractivity contribution in [2.75, 3.05) is 118 Å². The van der Waals surface area contributed by atoms with E-state index < -0.39 is 72.0 Å². The Kier molecular flexibility index (Phi) is 61.8. The molecule has 31 nitrogen and oxygen atoms in total. The number of rotatable bonds is 66. The molecule has 0 aliphatic rings. The van der Waals surface area contributed by atoms with E-state index in [0.29, 0.717) is 148 Å². The van der Waals surface area contributed by atoms with Crippen LogP contribution in [0.15, 0.2) is 0 Å². The second-order valence-corrected chi connectivity index (χ2v) is 37.8. The molecule has 0 rings (SSSR count). The van der Waals surface area contributed by atoms with Gasteiger partial charge < -0.3 is 91.0 Å². The highest BCUT2D eigenvalue weighted by atomic mass is 16.6. The number of ether oxygens (including phenoxy) is 6. The fourth-order valence-electron chi connectivity index (χ4n) is 14.3. The van der Waals surface area contributed by atoms with Crippen molar-refractivity contribution < 1.29 is 86.0 Å². The van der Waals surface area contributed by atoms with E-state index in [2.05, 4.69) is 214 Å². The van der Waals surface area contributed by atoms with E-state index in [1.807, 2.05) is 4.90 Å². The number of carbonyl (C=O) groups excluding carboxylic acids is 12. The first-order valence-electron chi connectivity index (χ1n) is 45.8. The molecule has 12 amide bonds. The summed E-state index contributed by atoms with van der Waals surface area (Å²) >= 11 is 0. The first-order chi connectivity index (χ1) is 56.8. The number of carbonyl (C=O) groups is 12. The lowest BCUT2D eigenvalue weighted by Crippen LogP contribution is -2.45. The molecule has 0 spiro atoms. The van der Waals surface area contributed by atoms with E-state index in [-0.39, 0.29) is 193 Å². The van der Waals surface area contributed by atoms with Crippen molar-refractivity contribution in [1.29, 1.82) is 0 Å². The highest BCUT2D eigenvalue weighted by molar-refractivity contribution is 5.85. The lowest BCUT2D eigenvalue weighted by atomic mass is 9.98. The summed E-state index contributed by atoms with van der Waals surface area (Å²) in [6.45, 7) is 50.8. The minimum atomic E-state index is -0.613. The van der Waals surface area contributed by atoms with Crippen molar-refractivity contribution in [3.8, 4) is 0 Å². The largest absolute Gasteiger partial charge is 0.446 e. The summed E-state index contributed by atoms with van der Waals surface area (Å²) in [4.78, 5) is 168. The third-order valence-corrected chi connectivity index (χ3v) is 19.4. The maximum atomic E-state index is 14.0. The predicted molar refractivity (Wildman–Crippen MR) is 476 cm³/mol. The van der Waals surface area contributed by atoms with Gasteiger partial charge in [-0.1, -0.05) is 166 Å². The van der Waals surface area contributed by atoms with Crippen LogP contribution in [0.3, 0.4) is 0 Å². The molecule has 0 aliphatic carbocycles. The minimum absolute atomic E-state index is 0.0346. The van der Waals surface area contributed by atoms with Crippen molar-refractivity contribution in [3.63, 3.8) is 0 Å². The van der Waals surface area contributed by atoms with Crippen molar-refractivity contribution in [3.05, 3.63) is 0 Å². The van der Waals surface area contributed by atoms with Gasteiger partial charge in [0.25, 0.3) is 0 Å². The highest BCUT2D eigenvalue weighted by Crippen LogP contribution is 2.23. The monoisotopic (exact) mass is 1720 g/mol. The van der Waals surface area contributed by atoms with Gasteiger partial charge in [-0.2, -0.15) is 0 Å². The second-order valence-electron chi connectivity index (χ2n) is 37.8. The van der Waals surface area contributed by atoms with Gasteiger partial charge in [-0.3, -0.25) is 33.7 Å². The van der Waals surface area contributed by atoms with E-state index in [9.17, 15) is 57.5 Å². The first kappa shape index (κ1) is 113. The molecular formula is C90H171N13O18. The predicted octanol–water partition coefficient (Wildman–Crippen LogP) is 13.6. The van der Waals surface area contributed by atoms with E-state index in [1.54, 1.807) is 0 Å². The fraction of sp³-hybridized carbons (Fsp3) is 0.867. The summed E-state index contributed by atoms with van der Waals surface area (Å²) in [5.74, 6) is 0.957. The summed E-state index contributed by atoms with van der Waals surface area (Å²) in [5.41, 5.74) is 0. The minimum Gasteiger partial charge on any atom is -0.446 e. The van der Waals surface area contributed by atoms with Gasteiger partial charge in [-0.25, -0.2) is 28.8 Å². The van der Waals surface area contributed by atoms with Gasteiger partial charge in [-0.05, 0) is 148 Å². The van der Waals surface area contributed by atoms with E-state index in [1.165, 1.54) is 14.7 Å². The lowest BCUT2D eigenvalue weighted by Gasteiger charge is -2.25. The molecule has 0 saturated carbocycles. The van der Waals surface area contributed by atoms with Crippen molar-refractivity contribution in [2.24, 2.45) is 71.0 Å². The van der Waals surface area contributed by atoms with Crippen LogP contribution in [0.5, 0.6) is 0 Å². The molecule has 0 saturated heterocycles. The molecular weight excluding hydrogens is 1550 g/mol. The molecule has 0 aromatic rings. The Labute approximate surface area is 729 Å². The molecule has 121 heavy (non-hydrogen) atoms. The molecule has 0 aromatic carbocycles. The lowest BCUT2D eigenvalue weighted by molar-refractivity contribution is -0.133. The molecule has 0 aromatic heterocycles. The van der Waals surface area contributed by atoms with Gasteiger partial charge >= 0.3 is 36.6 Å². The third kappa shape index (κ3) is 64.8. The van der Waals surface area contributed by atoms with Crippen LogP contribution in [0.1, 0.15) is 282 Å². The Morgan fingerprint density at radius 1 is 0.190 bits per heavy atom. The van der Waals surface area contributed by atoms with Gasteiger partial charge in [0.15, 0.2) is 0 Å². The standard InChI is InChI=1S/C90H171N13O18/c1-61(2)49-73(50-62(3)4)116-85(110)94-34-43-101(44-35-95-86(111)117-74(51-63(5)6)52-64(7)8)82(107)28-25-79(104)91-31-40-100(41-32-92-80(105)26-29-83(108)102(45-36-96-87(112)118-75(53-65(9)10)54-66(11)12)46-37-97-88(113)119-76(55-67(13)14)56-68(15)16)42-33-93-81(106)27-30-84(109)103(47-38-98-89(114)120-77(57-69(17)18)58-70(19)20)48-39-99-90(115)121-78(59-71(21)22)60-72(23)24/h61-78H,25-60H2,1-24H3,(H,91,104)(H,92,105)(H,93,106)(H,94,110)(H,95,111)(H,96,112)(H,97,113)(H,98,114)(H,99,115). The van der Waals surface area contributed by atoms with Crippen LogP contribution in [0, 0.1) is 71.0 Å². The zero-order valence-electron chi connectivity index (χ0n) is 79.5. The molecule has 0 heterocycles. The topological polar surface area (TPSA) is 381 Å². The van der Waals surface area contributed by atoms with Gasteiger partial charge in [0, 0.05) is 156 Å². The van der Waals surface area contributed by atoms with Crippen LogP contribution in [0.4, 0.5) is 28.8 Å². The zero-order valence-corrected chi connectivity index (χ0v) is 79.5. The molecule has 704 valence electrons. The first-order valence-corrected chi connectivity index (χ1v) is 45.8. The average molecular weight is 1720 g/mol. The zero-order chi connectivity index (χ0) is 91.7. The van der Waals surface area contributed by atoms with Gasteiger partial charge in [0.1, 0.15) is 36.6 Å². The fourth-order valence-corrected chi connectivity index (χ4v) is 14.3. The number of hydrogen-bond acceptors (Lipinski definition) is 19. The van der Waals surface area contributed by atoms with E-state index in [0.717, 1.165) is 0 Å². The summed E-state index contributed by atoms with van der Waals surface area (Å²) in [7, 11) is 0. The van der Waals surface area contributed by atoms with Gasteiger partial charge in [0.2, 0.25) is 35.4 Å². The normalized spacial score (nSPS) is 11.8. The number of hydrogen-bond donors (Lipinski definition) is 9. The Hall–Kier alpha value is -7.60. The van der Waals surface area contributed by atoms with Gasteiger partial charge in [-0.15, -0.1) is 0 Å². The summed E-state index contributed by atoms with van der Waals surface area (Å²) in [6, 6.07) is 0. The number of nitrogens with zero attached hydrogens (tertiary/aromatic N) is 4. The third-order valence-electron chi connectivity index (χ3n) is 19.4. The molecule has 0 aliphatic heterocycles. The van der Waals surface area contributed by atoms with Crippen molar-refractivity contribution in [1.82, 2.24) is 67.5 Å². The Morgan fingerprint density at radius 3 is 0.455 bits per heavy atom. The van der Waals surface area contributed by atoms with Crippen LogP contribution in [-0.4, -0.2) is 246 Å². The Morgan fingerprint density at radius 2 is 0.322 bits per heavy atom. The highest BCUT2D eigenvalue weighted by Gasteiger charge is 2.28. The van der Waals surface area contributed by atoms with Gasteiger partial charge in [0.05, 0.1) is 0 Å². The number of alkyl carbamates (subject to hydrolysis) is 6. The molecule has 0 radical (unpaired) electrons. The van der Waals surface area contributed by atoms with Crippen LogP contribution in [0.2, 0.25) is 0 Å². The Balaban J connectivity index is 6.87. The quantitative estimate of drug-likeness (QED) is 0.0255. The summed E-state index contributed by atoms with van der Waals surface area (Å²) < 4.78 is 34.9. The second kappa shape index (κ2) is 66.0. The maximum absolute atomic E-state index is 14.0. The number of amides is 12. The SMILES string of the molecule is CC(C)CC(CC(C)C)OC(=O)NCCN(CCNC(=O)OC(CC(C)C)CC(C)C)C(=O)CCC(=O)NCCN(CCNC(=O)CCC(=O)N(CCNC(=O)OC(CC(C)C)CC(C)C)CCNC(=O)OC(CC(C)C)CC(C)C)CCNC(=O)CCC(=O)N(CCNC(=O)OC(CC(C)C)CC(C)C)CCNC(=O)OC(CC(C)C)CC(C)C. The summed E-state index contributed by atoms with van der Waals surface area (Å²) in [6.07, 6.45) is 1.50. The molecule has 31 heteroatoms. The molecule has 0 fully saturated rings. The van der Waals surface area contributed by atoms with Crippen LogP contribution in [0.25, 0.3) is 0 Å². The van der Waals surface area contributed by atoms with E-state index >= 15 is 0 Å². The average Bonchev–Trinajstić information content (AvgIpc) is 0.921. The molecule has 0 bridgehead atoms. The van der Waals surface area contributed by atoms with E-state index in [4.69, 9.17) is 28.4 Å². The number of nitrogens with one attached hydrogen (secondary N) is 9. The molecule has 0 atom stereocenters. The summed E-state index contributed by atoms with van der Waals surface area (Å²) in [5, 5.41) is 25.3. The maximum Gasteiger partial charge on any atom is 0.407 e. The van der Waals surface area contributed by atoms with Crippen LogP contribution in [-0.2, 0) is 57.2 Å².